The van der Waals surface area contributed by atoms with Gasteiger partial charge in [0, 0.05) is 18.5 Å². The summed E-state index contributed by atoms with van der Waals surface area (Å²) in [6.45, 7) is 4.05. The van der Waals surface area contributed by atoms with Crippen molar-refractivity contribution < 1.29 is 19.1 Å². The van der Waals surface area contributed by atoms with Crippen molar-refractivity contribution >= 4 is 17.7 Å². The quantitative estimate of drug-likeness (QED) is 0.779. The first-order valence-corrected chi connectivity index (χ1v) is 9.71. The van der Waals surface area contributed by atoms with Crippen LogP contribution in [0.1, 0.15) is 56.2 Å². The Bertz CT molecular complexity index is 722. The van der Waals surface area contributed by atoms with Crippen molar-refractivity contribution in [3.8, 4) is 5.75 Å². The Labute approximate surface area is 160 Å². The number of aryl methyl sites for hydroxylation is 1. The number of nitrogens with one attached hydrogen (secondary N) is 1. The van der Waals surface area contributed by atoms with Gasteiger partial charge in [-0.05, 0) is 32.8 Å². The molecule has 2 fully saturated rings. The van der Waals surface area contributed by atoms with Crippen LogP contribution in [0.3, 0.4) is 0 Å². The summed E-state index contributed by atoms with van der Waals surface area (Å²) in [6.07, 6.45) is 3.72. The minimum atomic E-state index is -0.222. The lowest BCUT2D eigenvalue weighted by molar-refractivity contribution is -0.140. The highest BCUT2D eigenvalue weighted by molar-refractivity contribution is 6.05. The highest BCUT2D eigenvalue weighted by Gasteiger charge is 2.47. The van der Waals surface area contributed by atoms with Gasteiger partial charge in [0.2, 0.25) is 17.7 Å². The number of carbonyl (C=O) groups excluding carboxylic acids is 3. The maximum atomic E-state index is 12.5. The van der Waals surface area contributed by atoms with Gasteiger partial charge in [-0.15, -0.1) is 0 Å². The van der Waals surface area contributed by atoms with Crippen molar-refractivity contribution in [1.82, 2.24) is 10.2 Å². The molecule has 1 aromatic carbocycles. The third-order valence-electron chi connectivity index (χ3n) is 5.72. The molecule has 146 valence electrons. The standard InChI is InChI=1S/C21H28N2O4/c1-13-8-9-18(27-3)17(12-13)14(2)22-19(24)10-11-23-20(25)15-6-4-5-7-16(15)21(23)26/h8-9,12,14-16H,4-7,10-11H2,1-3H3,(H,22,24)/t14-,15-,16-/m0/s1. The van der Waals surface area contributed by atoms with Crippen LogP contribution in [0.2, 0.25) is 0 Å². The molecule has 1 aliphatic carbocycles. The Hall–Kier alpha value is -2.37. The minimum absolute atomic E-state index is 0.0918. The van der Waals surface area contributed by atoms with E-state index < -0.39 is 0 Å². The summed E-state index contributed by atoms with van der Waals surface area (Å²) >= 11 is 0. The molecule has 1 aromatic rings. The maximum absolute atomic E-state index is 12.5. The second-order valence-electron chi connectivity index (χ2n) is 7.61. The molecule has 0 unspecified atom stereocenters. The fourth-order valence-corrected chi connectivity index (χ4v) is 4.25. The maximum Gasteiger partial charge on any atom is 0.233 e. The van der Waals surface area contributed by atoms with E-state index in [4.69, 9.17) is 4.74 Å². The Kier molecular flexibility index (Phi) is 5.82. The van der Waals surface area contributed by atoms with E-state index in [2.05, 4.69) is 5.32 Å². The number of benzene rings is 1. The smallest absolute Gasteiger partial charge is 0.233 e. The summed E-state index contributed by atoms with van der Waals surface area (Å²) in [5.41, 5.74) is 1.99. The lowest BCUT2D eigenvalue weighted by atomic mass is 9.81. The zero-order chi connectivity index (χ0) is 19.6. The van der Waals surface area contributed by atoms with Crippen LogP contribution in [0.15, 0.2) is 18.2 Å². The second kappa shape index (κ2) is 8.11. The molecule has 1 aliphatic heterocycles. The monoisotopic (exact) mass is 372 g/mol. The number of nitrogens with zero attached hydrogens (tertiary/aromatic N) is 1. The van der Waals surface area contributed by atoms with Gasteiger partial charge in [-0.1, -0.05) is 30.5 Å². The summed E-state index contributed by atoms with van der Waals surface area (Å²) < 4.78 is 5.38. The Balaban J connectivity index is 1.58. The van der Waals surface area contributed by atoms with Crippen LogP contribution in [-0.4, -0.2) is 36.3 Å². The molecule has 2 aliphatic rings. The van der Waals surface area contributed by atoms with E-state index in [1.165, 1.54) is 4.90 Å². The zero-order valence-corrected chi connectivity index (χ0v) is 16.3. The predicted octanol–water partition coefficient (Wildman–Crippen LogP) is 2.75. The van der Waals surface area contributed by atoms with Crippen LogP contribution in [-0.2, 0) is 14.4 Å². The van der Waals surface area contributed by atoms with Crippen LogP contribution in [0, 0.1) is 18.8 Å². The lowest BCUT2D eigenvalue weighted by Gasteiger charge is -2.19. The SMILES string of the molecule is COc1ccc(C)cc1[C@H](C)NC(=O)CCN1C(=O)[C@H]2CCCC[C@@H]2C1=O. The van der Waals surface area contributed by atoms with Gasteiger partial charge in [0.05, 0.1) is 25.0 Å². The molecule has 1 heterocycles. The molecule has 1 saturated carbocycles. The average Bonchev–Trinajstić information content (AvgIpc) is 2.91. The summed E-state index contributed by atoms with van der Waals surface area (Å²) in [4.78, 5) is 38.7. The van der Waals surface area contributed by atoms with Crippen molar-refractivity contribution in [2.75, 3.05) is 13.7 Å². The van der Waals surface area contributed by atoms with Crippen LogP contribution < -0.4 is 10.1 Å². The van der Waals surface area contributed by atoms with E-state index in [1.807, 2.05) is 32.0 Å². The third-order valence-corrected chi connectivity index (χ3v) is 5.72. The largest absolute Gasteiger partial charge is 0.496 e. The predicted molar refractivity (Wildman–Crippen MR) is 101 cm³/mol. The molecule has 0 radical (unpaired) electrons. The van der Waals surface area contributed by atoms with Gasteiger partial charge < -0.3 is 10.1 Å². The van der Waals surface area contributed by atoms with Gasteiger partial charge in [-0.2, -0.15) is 0 Å². The van der Waals surface area contributed by atoms with Crippen molar-refractivity contribution in [2.45, 2.75) is 52.0 Å². The number of hydrogen-bond donors (Lipinski definition) is 1. The van der Waals surface area contributed by atoms with Crippen LogP contribution in [0.5, 0.6) is 5.75 Å². The van der Waals surface area contributed by atoms with E-state index in [9.17, 15) is 14.4 Å². The van der Waals surface area contributed by atoms with Crippen LogP contribution in [0.25, 0.3) is 0 Å². The Morgan fingerprint density at radius 2 is 1.85 bits per heavy atom. The Morgan fingerprint density at radius 1 is 1.22 bits per heavy atom. The van der Waals surface area contributed by atoms with Gasteiger partial charge >= 0.3 is 0 Å². The van der Waals surface area contributed by atoms with E-state index in [1.54, 1.807) is 7.11 Å². The zero-order valence-electron chi connectivity index (χ0n) is 16.3. The van der Waals surface area contributed by atoms with Gasteiger partial charge in [0.25, 0.3) is 0 Å². The summed E-state index contributed by atoms with van der Waals surface area (Å²) in [5.74, 6) is 0.0373. The molecule has 3 atom stereocenters. The number of amides is 3. The van der Waals surface area contributed by atoms with Crippen molar-refractivity contribution in [2.24, 2.45) is 11.8 Å². The fraction of sp³-hybridized carbons (Fsp3) is 0.571. The molecule has 0 spiro atoms. The van der Waals surface area contributed by atoms with Gasteiger partial charge in [0.1, 0.15) is 5.75 Å². The molecule has 6 nitrogen and oxygen atoms in total. The number of imide groups is 1. The molecular weight excluding hydrogens is 344 g/mol. The van der Waals surface area contributed by atoms with E-state index in [0.29, 0.717) is 0 Å². The lowest BCUT2D eigenvalue weighted by Crippen LogP contribution is -2.36. The number of carbonyl (C=O) groups is 3. The topological polar surface area (TPSA) is 75.7 Å². The molecular formula is C21H28N2O4. The summed E-state index contributed by atoms with van der Waals surface area (Å²) in [5, 5.41) is 2.95. The van der Waals surface area contributed by atoms with Crippen LogP contribution in [0.4, 0.5) is 0 Å². The molecule has 3 rings (SSSR count). The van der Waals surface area contributed by atoms with E-state index in [-0.39, 0.29) is 48.6 Å². The van der Waals surface area contributed by atoms with Gasteiger partial charge in [-0.3, -0.25) is 19.3 Å². The average molecular weight is 372 g/mol. The highest BCUT2D eigenvalue weighted by atomic mass is 16.5. The fourth-order valence-electron chi connectivity index (χ4n) is 4.25. The molecule has 3 amide bonds. The molecule has 27 heavy (non-hydrogen) atoms. The van der Waals surface area contributed by atoms with E-state index >= 15 is 0 Å². The van der Waals surface area contributed by atoms with Gasteiger partial charge in [0.15, 0.2) is 0 Å². The number of rotatable bonds is 6. The number of fused-ring (bicyclic) bond motifs is 1. The molecule has 1 saturated heterocycles. The third kappa shape index (κ3) is 3.99. The Morgan fingerprint density at radius 3 is 2.44 bits per heavy atom. The highest BCUT2D eigenvalue weighted by Crippen LogP contribution is 2.38. The normalized spacial score (nSPS) is 23.1. The summed E-state index contributed by atoms with van der Waals surface area (Å²) in [6, 6.07) is 5.61. The summed E-state index contributed by atoms with van der Waals surface area (Å²) in [7, 11) is 1.60. The van der Waals surface area contributed by atoms with Crippen molar-refractivity contribution in [3.05, 3.63) is 29.3 Å². The van der Waals surface area contributed by atoms with Crippen LogP contribution >= 0.6 is 0 Å². The first-order valence-electron chi connectivity index (χ1n) is 9.71. The first-order chi connectivity index (χ1) is 12.9. The van der Waals surface area contributed by atoms with E-state index in [0.717, 1.165) is 42.6 Å². The molecule has 6 heteroatoms. The molecule has 0 bridgehead atoms. The number of likely N-dealkylation sites (tertiary alicyclic amines) is 1. The first kappa shape index (κ1) is 19.4. The van der Waals surface area contributed by atoms with Crippen molar-refractivity contribution in [3.63, 3.8) is 0 Å². The number of methoxy groups -OCH3 is 1. The number of ether oxygens (including phenoxy) is 1. The van der Waals surface area contributed by atoms with Crippen molar-refractivity contribution in [1.29, 1.82) is 0 Å². The minimum Gasteiger partial charge on any atom is -0.496 e. The molecule has 1 N–H and O–H groups in total. The second-order valence-corrected chi connectivity index (χ2v) is 7.61. The van der Waals surface area contributed by atoms with Gasteiger partial charge in [-0.25, -0.2) is 0 Å². The number of hydrogen-bond acceptors (Lipinski definition) is 4. The molecule has 0 aromatic heterocycles.